The van der Waals surface area contributed by atoms with Crippen LogP contribution in [-0.4, -0.2) is 48.8 Å². The van der Waals surface area contributed by atoms with Crippen LogP contribution in [0.5, 0.6) is 0 Å². The molecule has 0 radical (unpaired) electrons. The van der Waals surface area contributed by atoms with Crippen LogP contribution in [0.15, 0.2) is 30.6 Å². The van der Waals surface area contributed by atoms with Gasteiger partial charge in [-0.2, -0.15) is 0 Å². The molecule has 30 heavy (non-hydrogen) atoms. The van der Waals surface area contributed by atoms with E-state index in [4.69, 9.17) is 4.98 Å². The molecule has 0 aromatic carbocycles. The van der Waals surface area contributed by atoms with E-state index < -0.39 is 0 Å². The van der Waals surface area contributed by atoms with Gasteiger partial charge < -0.3 is 15.2 Å². The molecule has 0 atom stereocenters. The molecule has 1 aliphatic carbocycles. The van der Waals surface area contributed by atoms with Crippen LogP contribution in [-0.2, 0) is 7.05 Å². The summed E-state index contributed by atoms with van der Waals surface area (Å²) >= 11 is 0. The average Bonchev–Trinajstić information content (AvgIpc) is 3.32. The van der Waals surface area contributed by atoms with Gasteiger partial charge in [0.25, 0.3) is 0 Å². The van der Waals surface area contributed by atoms with Crippen molar-refractivity contribution in [3.8, 4) is 11.3 Å². The highest BCUT2D eigenvalue weighted by Gasteiger charge is 2.20. The molecule has 156 valence electrons. The Hall–Kier alpha value is -3.00. The van der Waals surface area contributed by atoms with Gasteiger partial charge in [0.05, 0.1) is 17.4 Å². The number of pyridine rings is 1. The van der Waals surface area contributed by atoms with E-state index in [-0.39, 0.29) is 0 Å². The van der Waals surface area contributed by atoms with Gasteiger partial charge in [-0.3, -0.25) is 0 Å². The number of fused-ring (bicyclic) bond motifs is 2. The average molecular weight is 405 g/mol. The molecule has 1 fully saturated rings. The van der Waals surface area contributed by atoms with E-state index in [1.165, 1.54) is 25.7 Å². The van der Waals surface area contributed by atoms with E-state index in [9.17, 15) is 0 Å². The normalized spacial score (nSPS) is 19.6. The zero-order chi connectivity index (χ0) is 20.7. The van der Waals surface area contributed by atoms with E-state index in [1.54, 1.807) is 0 Å². The fourth-order valence-corrected chi connectivity index (χ4v) is 4.42. The van der Waals surface area contributed by atoms with Crippen LogP contribution in [0.2, 0.25) is 0 Å². The van der Waals surface area contributed by atoms with Crippen LogP contribution in [0.25, 0.3) is 27.9 Å². The van der Waals surface area contributed by atoms with E-state index in [2.05, 4.69) is 32.7 Å². The zero-order valence-electron chi connectivity index (χ0n) is 17.8. The first kappa shape index (κ1) is 19.0. The highest BCUT2D eigenvalue weighted by molar-refractivity contribution is 5.82. The zero-order valence-corrected chi connectivity index (χ0v) is 17.8. The standard InChI is InChI=1S/C22H28N8/c1-14-26-19-9-8-18(27-21(19)29(14)3)17-10-11-30-20(17)13-25-22(28-30)24-12-15-4-6-16(23-2)7-5-15/h8-11,13,15-16,23H,4-7,12H2,1-3H3,(H,24,28). The van der Waals surface area contributed by atoms with E-state index in [0.717, 1.165) is 40.3 Å². The molecular weight excluding hydrogens is 376 g/mol. The van der Waals surface area contributed by atoms with Gasteiger partial charge >= 0.3 is 0 Å². The minimum absolute atomic E-state index is 0.672. The van der Waals surface area contributed by atoms with Gasteiger partial charge in [-0.05, 0) is 63.8 Å². The molecule has 0 bridgehead atoms. The van der Waals surface area contributed by atoms with E-state index in [1.807, 2.05) is 53.6 Å². The third-order valence-electron chi connectivity index (χ3n) is 6.44. The Morgan fingerprint density at radius 1 is 1.10 bits per heavy atom. The third kappa shape index (κ3) is 3.41. The highest BCUT2D eigenvalue weighted by atomic mass is 15.3. The smallest absolute Gasteiger partial charge is 0.241 e. The third-order valence-corrected chi connectivity index (χ3v) is 6.44. The number of nitrogens with one attached hydrogen (secondary N) is 2. The predicted molar refractivity (Wildman–Crippen MR) is 119 cm³/mol. The molecule has 0 saturated heterocycles. The first-order valence-corrected chi connectivity index (χ1v) is 10.7. The number of imidazole rings is 1. The summed E-state index contributed by atoms with van der Waals surface area (Å²) in [5.74, 6) is 2.31. The lowest BCUT2D eigenvalue weighted by molar-refractivity contribution is 0.312. The van der Waals surface area contributed by atoms with Gasteiger partial charge in [-0.15, -0.1) is 5.10 Å². The topological polar surface area (TPSA) is 85.0 Å². The summed E-state index contributed by atoms with van der Waals surface area (Å²) in [6, 6.07) is 6.76. The lowest BCUT2D eigenvalue weighted by Crippen LogP contribution is -2.32. The van der Waals surface area contributed by atoms with Crippen molar-refractivity contribution >= 4 is 22.6 Å². The molecule has 4 heterocycles. The molecule has 8 nitrogen and oxygen atoms in total. The second-order valence-corrected chi connectivity index (χ2v) is 8.29. The first-order chi connectivity index (χ1) is 14.6. The maximum absolute atomic E-state index is 4.83. The van der Waals surface area contributed by atoms with Crippen molar-refractivity contribution in [1.29, 1.82) is 0 Å². The van der Waals surface area contributed by atoms with Gasteiger partial charge in [-0.25, -0.2) is 19.5 Å². The Morgan fingerprint density at radius 3 is 2.73 bits per heavy atom. The van der Waals surface area contributed by atoms with Crippen LogP contribution in [0.4, 0.5) is 5.95 Å². The Morgan fingerprint density at radius 2 is 1.93 bits per heavy atom. The van der Waals surface area contributed by atoms with Crippen molar-refractivity contribution in [3.05, 3.63) is 36.4 Å². The van der Waals surface area contributed by atoms with Crippen LogP contribution in [0.3, 0.4) is 0 Å². The fourth-order valence-electron chi connectivity index (χ4n) is 4.42. The summed E-state index contributed by atoms with van der Waals surface area (Å²) in [6.45, 7) is 2.91. The molecule has 0 amide bonds. The van der Waals surface area contributed by atoms with Gasteiger partial charge in [0.1, 0.15) is 11.3 Å². The van der Waals surface area contributed by atoms with Crippen LogP contribution >= 0.6 is 0 Å². The molecule has 0 unspecified atom stereocenters. The summed E-state index contributed by atoms with van der Waals surface area (Å²) in [7, 11) is 4.05. The molecule has 2 N–H and O–H groups in total. The lowest BCUT2D eigenvalue weighted by atomic mass is 9.86. The molecule has 1 aliphatic rings. The first-order valence-electron chi connectivity index (χ1n) is 10.7. The molecule has 0 aliphatic heterocycles. The molecule has 4 aromatic heterocycles. The second kappa shape index (κ2) is 7.68. The molecule has 0 spiro atoms. The number of aryl methyl sites for hydroxylation is 2. The van der Waals surface area contributed by atoms with Crippen molar-refractivity contribution in [2.24, 2.45) is 13.0 Å². The Balaban J connectivity index is 1.35. The molecule has 5 rings (SSSR count). The summed E-state index contributed by atoms with van der Waals surface area (Å²) in [5, 5.41) is 11.5. The monoisotopic (exact) mass is 404 g/mol. The van der Waals surface area contributed by atoms with Crippen molar-refractivity contribution in [2.45, 2.75) is 38.6 Å². The van der Waals surface area contributed by atoms with Crippen molar-refractivity contribution in [3.63, 3.8) is 0 Å². The fraction of sp³-hybridized carbons (Fsp3) is 0.455. The SMILES string of the molecule is CNC1CCC(CNc2ncc3c(-c4ccc5nc(C)n(C)c5n4)ccn3n2)CC1. The Bertz CT molecular complexity index is 1180. The van der Waals surface area contributed by atoms with Crippen LogP contribution < -0.4 is 10.6 Å². The minimum Gasteiger partial charge on any atom is -0.353 e. The Kier molecular flexibility index (Phi) is 4.86. The summed E-state index contributed by atoms with van der Waals surface area (Å²) < 4.78 is 3.89. The largest absolute Gasteiger partial charge is 0.353 e. The summed E-state index contributed by atoms with van der Waals surface area (Å²) in [6.07, 6.45) is 8.83. The van der Waals surface area contributed by atoms with Crippen molar-refractivity contribution < 1.29 is 0 Å². The van der Waals surface area contributed by atoms with Gasteiger partial charge in [0.15, 0.2) is 5.65 Å². The number of hydrogen-bond acceptors (Lipinski definition) is 6. The number of rotatable bonds is 5. The summed E-state index contributed by atoms with van der Waals surface area (Å²) in [5.41, 5.74) is 4.66. The van der Waals surface area contributed by atoms with Crippen molar-refractivity contribution in [1.82, 2.24) is 34.4 Å². The van der Waals surface area contributed by atoms with E-state index >= 15 is 0 Å². The minimum atomic E-state index is 0.672. The Labute approximate surface area is 175 Å². The van der Waals surface area contributed by atoms with E-state index in [0.29, 0.717) is 17.9 Å². The van der Waals surface area contributed by atoms with Crippen LogP contribution in [0, 0.1) is 12.8 Å². The van der Waals surface area contributed by atoms with Gasteiger partial charge in [-0.1, -0.05) is 0 Å². The number of nitrogens with zero attached hydrogens (tertiary/aromatic N) is 6. The number of hydrogen-bond donors (Lipinski definition) is 2. The van der Waals surface area contributed by atoms with Crippen LogP contribution in [0.1, 0.15) is 31.5 Å². The lowest BCUT2D eigenvalue weighted by Gasteiger charge is -2.28. The number of anilines is 1. The van der Waals surface area contributed by atoms with Crippen molar-refractivity contribution in [2.75, 3.05) is 18.9 Å². The van der Waals surface area contributed by atoms with Gasteiger partial charge in [0.2, 0.25) is 5.95 Å². The second-order valence-electron chi connectivity index (χ2n) is 8.29. The highest BCUT2D eigenvalue weighted by Crippen LogP contribution is 2.27. The maximum Gasteiger partial charge on any atom is 0.241 e. The maximum atomic E-state index is 4.83. The van der Waals surface area contributed by atoms with Gasteiger partial charge in [0, 0.05) is 31.4 Å². The quantitative estimate of drug-likeness (QED) is 0.531. The molecule has 1 saturated carbocycles. The predicted octanol–water partition coefficient (Wildman–Crippen LogP) is 3.18. The molecule has 8 heteroatoms. The molecule has 4 aromatic rings. The summed E-state index contributed by atoms with van der Waals surface area (Å²) in [4.78, 5) is 13.9. The molecular formula is C22H28N8. The number of aromatic nitrogens is 6.